The van der Waals surface area contributed by atoms with Gasteiger partial charge in [0.1, 0.15) is 12.0 Å². The van der Waals surface area contributed by atoms with Crippen LogP contribution in [0.4, 0.5) is 11.5 Å². The number of carboxylic acid groups (broad SMARTS) is 1. The third kappa shape index (κ3) is 3.63. The summed E-state index contributed by atoms with van der Waals surface area (Å²) in [6.07, 6.45) is 3.15. The van der Waals surface area contributed by atoms with Crippen molar-refractivity contribution in [1.29, 1.82) is 0 Å². The van der Waals surface area contributed by atoms with Crippen LogP contribution in [0, 0.1) is 16.0 Å². The number of hydrogen-bond acceptors (Lipinski definition) is 5. The number of anilines is 1. The van der Waals surface area contributed by atoms with Crippen molar-refractivity contribution in [3.63, 3.8) is 0 Å². The molecule has 2 rings (SSSR count). The van der Waals surface area contributed by atoms with Gasteiger partial charge in [0.15, 0.2) is 0 Å². The Hall–Kier alpha value is -1.70. The Morgan fingerprint density at radius 1 is 1.68 bits per heavy atom. The SMILES string of the molecule is O=C(O)CC(Nc1ncc([N+](=O)[O-])cc1Br)C1CC1. The van der Waals surface area contributed by atoms with E-state index in [1.807, 2.05) is 0 Å². The number of rotatable bonds is 6. The first kappa shape index (κ1) is 13.7. The molecular formula is C11H12BrN3O4. The summed E-state index contributed by atoms with van der Waals surface area (Å²) in [6.45, 7) is 0. The highest BCUT2D eigenvalue weighted by Crippen LogP contribution is 2.36. The van der Waals surface area contributed by atoms with E-state index in [2.05, 4.69) is 26.2 Å². The Bertz CT molecular complexity index is 519. The molecule has 2 N–H and O–H groups in total. The molecule has 1 aromatic heterocycles. The lowest BCUT2D eigenvalue weighted by Crippen LogP contribution is -2.26. The fourth-order valence-corrected chi connectivity index (χ4v) is 2.28. The highest BCUT2D eigenvalue weighted by molar-refractivity contribution is 9.10. The molecule has 19 heavy (non-hydrogen) atoms. The maximum Gasteiger partial charge on any atom is 0.305 e. The zero-order valence-corrected chi connectivity index (χ0v) is 11.5. The van der Waals surface area contributed by atoms with Crippen LogP contribution in [0.2, 0.25) is 0 Å². The molecule has 1 aliphatic carbocycles. The number of carbonyl (C=O) groups is 1. The van der Waals surface area contributed by atoms with Crippen LogP contribution in [-0.2, 0) is 4.79 Å². The molecule has 0 amide bonds. The van der Waals surface area contributed by atoms with Crippen LogP contribution in [-0.4, -0.2) is 27.0 Å². The van der Waals surface area contributed by atoms with Gasteiger partial charge in [-0.1, -0.05) is 0 Å². The zero-order chi connectivity index (χ0) is 14.0. The van der Waals surface area contributed by atoms with Crippen LogP contribution < -0.4 is 5.32 Å². The van der Waals surface area contributed by atoms with Crippen molar-refractivity contribution in [2.24, 2.45) is 5.92 Å². The largest absolute Gasteiger partial charge is 0.481 e. The normalized spacial score (nSPS) is 15.8. The molecule has 0 radical (unpaired) electrons. The van der Waals surface area contributed by atoms with E-state index in [9.17, 15) is 14.9 Å². The minimum Gasteiger partial charge on any atom is -0.481 e. The predicted octanol–water partition coefficient (Wildman–Crippen LogP) is 2.42. The average Bonchev–Trinajstić information content (AvgIpc) is 3.13. The number of nitrogens with zero attached hydrogens (tertiary/aromatic N) is 2. The van der Waals surface area contributed by atoms with Gasteiger partial charge in [0.2, 0.25) is 0 Å². The Morgan fingerprint density at radius 3 is 2.84 bits per heavy atom. The number of hydrogen-bond donors (Lipinski definition) is 2. The molecule has 0 aliphatic heterocycles. The van der Waals surface area contributed by atoms with Crippen LogP contribution in [0.5, 0.6) is 0 Å². The van der Waals surface area contributed by atoms with Gasteiger partial charge in [-0.2, -0.15) is 0 Å². The van der Waals surface area contributed by atoms with E-state index >= 15 is 0 Å². The van der Waals surface area contributed by atoms with E-state index < -0.39 is 10.9 Å². The first-order valence-electron chi connectivity index (χ1n) is 5.75. The van der Waals surface area contributed by atoms with Gasteiger partial charge in [-0.05, 0) is 34.7 Å². The monoisotopic (exact) mass is 329 g/mol. The maximum atomic E-state index is 10.8. The molecule has 7 nitrogen and oxygen atoms in total. The summed E-state index contributed by atoms with van der Waals surface area (Å²) in [5.41, 5.74) is -0.112. The van der Waals surface area contributed by atoms with E-state index in [1.54, 1.807) is 0 Å². The fraction of sp³-hybridized carbons (Fsp3) is 0.455. The molecule has 1 saturated carbocycles. The summed E-state index contributed by atoms with van der Waals surface area (Å²) >= 11 is 3.20. The second kappa shape index (κ2) is 5.52. The number of nitro groups is 1. The van der Waals surface area contributed by atoms with Crippen molar-refractivity contribution in [3.8, 4) is 0 Å². The lowest BCUT2D eigenvalue weighted by Gasteiger charge is -2.17. The third-order valence-corrected chi connectivity index (χ3v) is 3.55. The highest BCUT2D eigenvalue weighted by Gasteiger charge is 2.33. The molecule has 8 heteroatoms. The summed E-state index contributed by atoms with van der Waals surface area (Å²) in [5.74, 6) is -0.105. The van der Waals surface area contributed by atoms with Crippen molar-refractivity contribution >= 4 is 33.4 Å². The van der Waals surface area contributed by atoms with Crippen LogP contribution in [0.1, 0.15) is 19.3 Å². The summed E-state index contributed by atoms with van der Waals surface area (Å²) in [6, 6.07) is 1.16. The van der Waals surface area contributed by atoms with Gasteiger partial charge in [0.05, 0.1) is 15.8 Å². The first-order chi connectivity index (χ1) is 8.97. The number of aliphatic carboxylic acids is 1. The van der Waals surface area contributed by atoms with Crippen molar-refractivity contribution in [3.05, 3.63) is 26.9 Å². The van der Waals surface area contributed by atoms with E-state index in [1.165, 1.54) is 6.07 Å². The van der Waals surface area contributed by atoms with Crippen molar-refractivity contribution < 1.29 is 14.8 Å². The molecular weight excluding hydrogens is 318 g/mol. The molecule has 0 spiro atoms. The summed E-state index contributed by atoms with van der Waals surface area (Å²) < 4.78 is 0.456. The lowest BCUT2D eigenvalue weighted by molar-refractivity contribution is -0.385. The van der Waals surface area contributed by atoms with E-state index in [0.29, 0.717) is 16.2 Å². The first-order valence-corrected chi connectivity index (χ1v) is 6.55. The van der Waals surface area contributed by atoms with Crippen LogP contribution in [0.25, 0.3) is 0 Å². The molecule has 1 heterocycles. The fourth-order valence-electron chi connectivity index (χ4n) is 1.83. The topological polar surface area (TPSA) is 105 Å². The van der Waals surface area contributed by atoms with Gasteiger partial charge >= 0.3 is 5.97 Å². The second-order valence-electron chi connectivity index (χ2n) is 4.47. The quantitative estimate of drug-likeness (QED) is 0.613. The van der Waals surface area contributed by atoms with Gasteiger partial charge in [0, 0.05) is 12.1 Å². The number of pyridine rings is 1. The van der Waals surface area contributed by atoms with Crippen LogP contribution >= 0.6 is 15.9 Å². The molecule has 1 aromatic rings. The lowest BCUT2D eigenvalue weighted by atomic mass is 10.1. The summed E-state index contributed by atoms with van der Waals surface area (Å²) in [7, 11) is 0. The van der Waals surface area contributed by atoms with Gasteiger partial charge in [-0.3, -0.25) is 14.9 Å². The Morgan fingerprint density at radius 2 is 2.37 bits per heavy atom. The average molecular weight is 330 g/mol. The minimum atomic E-state index is -0.873. The molecule has 0 aromatic carbocycles. The molecule has 102 valence electrons. The van der Waals surface area contributed by atoms with E-state index in [-0.39, 0.29) is 18.2 Å². The minimum absolute atomic E-state index is 0.00970. The van der Waals surface area contributed by atoms with Crippen LogP contribution in [0.3, 0.4) is 0 Å². The Labute approximate surface area is 117 Å². The van der Waals surface area contributed by atoms with Crippen molar-refractivity contribution in [1.82, 2.24) is 4.98 Å². The molecule has 1 fully saturated rings. The van der Waals surface area contributed by atoms with E-state index in [4.69, 9.17) is 5.11 Å². The predicted molar refractivity (Wildman–Crippen MR) is 71.0 cm³/mol. The van der Waals surface area contributed by atoms with E-state index in [0.717, 1.165) is 19.0 Å². The number of aromatic nitrogens is 1. The van der Waals surface area contributed by atoms with Gasteiger partial charge in [-0.25, -0.2) is 4.98 Å². The zero-order valence-electron chi connectivity index (χ0n) is 9.88. The van der Waals surface area contributed by atoms with Crippen LogP contribution in [0.15, 0.2) is 16.7 Å². The second-order valence-corrected chi connectivity index (χ2v) is 5.32. The molecule has 0 bridgehead atoms. The summed E-state index contributed by atoms with van der Waals surface area (Å²) in [5, 5.41) is 22.5. The highest BCUT2D eigenvalue weighted by atomic mass is 79.9. The van der Waals surface area contributed by atoms with Crippen molar-refractivity contribution in [2.75, 3.05) is 5.32 Å². The smallest absolute Gasteiger partial charge is 0.305 e. The maximum absolute atomic E-state index is 10.8. The Balaban J connectivity index is 2.12. The standard InChI is InChI=1S/C11H12BrN3O4/c12-8-3-7(15(18)19)5-13-11(8)14-9(4-10(16)17)6-1-2-6/h3,5-6,9H,1-2,4H2,(H,13,14)(H,16,17). The molecule has 0 saturated heterocycles. The Kier molecular flexibility index (Phi) is 3.98. The number of halogens is 1. The number of carboxylic acids is 1. The molecule has 1 atom stereocenters. The van der Waals surface area contributed by atoms with Gasteiger partial charge < -0.3 is 10.4 Å². The number of nitrogens with one attached hydrogen (secondary N) is 1. The summed E-state index contributed by atoms with van der Waals surface area (Å²) in [4.78, 5) is 24.8. The third-order valence-electron chi connectivity index (χ3n) is 2.95. The van der Waals surface area contributed by atoms with Crippen molar-refractivity contribution in [2.45, 2.75) is 25.3 Å². The molecule has 1 unspecified atom stereocenters. The van der Waals surface area contributed by atoms with Gasteiger partial charge in [-0.15, -0.1) is 0 Å². The van der Waals surface area contributed by atoms with Gasteiger partial charge in [0.25, 0.3) is 5.69 Å². The molecule has 1 aliphatic rings.